The summed E-state index contributed by atoms with van der Waals surface area (Å²) in [6.07, 6.45) is -7.90. The lowest BCUT2D eigenvalue weighted by Crippen LogP contribution is -2.49. The van der Waals surface area contributed by atoms with E-state index in [1.54, 1.807) is 0 Å². The Morgan fingerprint density at radius 3 is 1.87 bits per heavy atom. The van der Waals surface area contributed by atoms with Crippen LogP contribution in [0.3, 0.4) is 0 Å². The van der Waals surface area contributed by atoms with Gasteiger partial charge in [0.05, 0.1) is 6.61 Å². The van der Waals surface area contributed by atoms with E-state index in [9.17, 15) is 9.59 Å². The smallest absolute Gasteiger partial charge is 0.229 e. The summed E-state index contributed by atoms with van der Waals surface area (Å²) >= 11 is 0. The summed E-state index contributed by atoms with van der Waals surface area (Å²) in [6, 6.07) is 0. The average Bonchev–Trinajstić information content (AvgIpc) is 2.23. The van der Waals surface area contributed by atoms with Crippen LogP contribution in [0.25, 0.3) is 0 Å². The number of hydrogen-bond acceptors (Lipinski definition) is 7. The highest BCUT2D eigenvalue weighted by molar-refractivity contribution is 6.40. The van der Waals surface area contributed by atoms with E-state index in [1.807, 2.05) is 0 Å². The van der Waals surface area contributed by atoms with E-state index in [1.165, 1.54) is 0 Å². The maximum absolute atomic E-state index is 10.8. The predicted molar refractivity (Wildman–Crippen MR) is 46.5 cm³/mol. The zero-order valence-corrected chi connectivity index (χ0v) is 7.78. The van der Waals surface area contributed by atoms with E-state index in [-0.39, 0.29) is 0 Å². The van der Waals surface area contributed by atoms with Crippen LogP contribution in [0, 0.1) is 6.92 Å². The number of carbonyl (C=O) groups is 2. The molecule has 7 nitrogen and oxygen atoms in total. The van der Waals surface area contributed by atoms with E-state index in [0.717, 1.165) is 0 Å². The lowest BCUT2D eigenvalue weighted by molar-refractivity contribution is -0.152. The Bertz CT molecular complexity index is 239. The summed E-state index contributed by atoms with van der Waals surface area (Å²) in [7, 11) is 0. The maximum Gasteiger partial charge on any atom is 0.229 e. The van der Waals surface area contributed by atoms with Gasteiger partial charge < -0.3 is 25.5 Å². The first-order valence-corrected chi connectivity index (χ1v) is 4.06. The summed E-state index contributed by atoms with van der Waals surface area (Å²) < 4.78 is 0. The minimum atomic E-state index is -2.17. The van der Waals surface area contributed by atoms with Crippen LogP contribution in [0.15, 0.2) is 0 Å². The van der Waals surface area contributed by atoms with Crippen LogP contribution >= 0.6 is 0 Å². The molecule has 0 fully saturated rings. The molecule has 0 saturated carbocycles. The molecule has 5 N–H and O–H groups in total. The fourth-order valence-electron chi connectivity index (χ4n) is 0.842. The van der Waals surface area contributed by atoms with Crippen molar-refractivity contribution < 1.29 is 35.1 Å². The Labute approximate surface area is 85.6 Å². The minimum Gasteiger partial charge on any atom is -0.394 e. The van der Waals surface area contributed by atoms with Crippen molar-refractivity contribution in [2.24, 2.45) is 0 Å². The Hall–Kier alpha value is -0.860. The summed E-state index contributed by atoms with van der Waals surface area (Å²) in [6.45, 7) is 1.85. The fraction of sp³-hybridized carbons (Fsp3) is 0.625. The standard InChI is InChI=1S/C8H13O7/c1-3(10)5(12)7(14)8(15)6(13)4(11)2-9/h4,6-9,11,13-15H,1-2H2/t4-,6-,7+,8+/m1/s1. The molecule has 0 spiro atoms. The minimum absolute atomic E-state index is 0.864. The largest absolute Gasteiger partial charge is 0.394 e. The molecule has 0 rings (SSSR count). The number of hydrogen-bond donors (Lipinski definition) is 5. The molecule has 0 heterocycles. The summed E-state index contributed by atoms with van der Waals surface area (Å²) in [5, 5.41) is 44.6. The molecule has 0 aromatic rings. The van der Waals surface area contributed by atoms with E-state index in [4.69, 9.17) is 25.5 Å². The maximum atomic E-state index is 10.8. The van der Waals surface area contributed by atoms with Crippen LogP contribution < -0.4 is 0 Å². The lowest BCUT2D eigenvalue weighted by Gasteiger charge is -2.24. The van der Waals surface area contributed by atoms with Gasteiger partial charge in [-0.3, -0.25) is 9.59 Å². The van der Waals surface area contributed by atoms with Crippen molar-refractivity contribution >= 4 is 11.6 Å². The third-order valence-corrected chi connectivity index (χ3v) is 1.80. The van der Waals surface area contributed by atoms with Crippen LogP contribution in [0.1, 0.15) is 0 Å². The highest BCUT2D eigenvalue weighted by atomic mass is 16.4. The average molecular weight is 221 g/mol. The zero-order valence-electron chi connectivity index (χ0n) is 7.78. The quantitative estimate of drug-likeness (QED) is 0.292. The molecule has 15 heavy (non-hydrogen) atoms. The SMILES string of the molecule is [CH2]C(=O)C(=O)[C@H](O)[C@@H](O)[C@H](O)[C@H](O)CO. The number of Topliss-reactive ketones (excluding diaryl/α,β-unsaturated/α-hetero) is 2. The van der Waals surface area contributed by atoms with Gasteiger partial charge in [0, 0.05) is 6.92 Å². The van der Waals surface area contributed by atoms with Crippen molar-refractivity contribution in [3.05, 3.63) is 6.92 Å². The first-order chi connectivity index (χ1) is 6.82. The van der Waals surface area contributed by atoms with Crippen molar-refractivity contribution in [1.82, 2.24) is 0 Å². The molecule has 0 amide bonds. The van der Waals surface area contributed by atoms with E-state index in [2.05, 4.69) is 6.92 Å². The van der Waals surface area contributed by atoms with E-state index >= 15 is 0 Å². The van der Waals surface area contributed by atoms with Gasteiger partial charge in [0.25, 0.3) is 0 Å². The molecule has 87 valence electrons. The molecule has 7 heteroatoms. The van der Waals surface area contributed by atoms with Gasteiger partial charge in [0.15, 0.2) is 0 Å². The molecule has 0 aromatic carbocycles. The van der Waals surface area contributed by atoms with Crippen LogP contribution in [-0.2, 0) is 9.59 Å². The van der Waals surface area contributed by atoms with Crippen molar-refractivity contribution in [3.8, 4) is 0 Å². The molecule has 0 unspecified atom stereocenters. The highest BCUT2D eigenvalue weighted by Crippen LogP contribution is 2.06. The van der Waals surface area contributed by atoms with Gasteiger partial charge in [-0.15, -0.1) is 0 Å². The van der Waals surface area contributed by atoms with E-state index in [0.29, 0.717) is 0 Å². The van der Waals surface area contributed by atoms with Crippen LogP contribution in [0.4, 0.5) is 0 Å². The predicted octanol–water partition coefficient (Wildman–Crippen LogP) is -3.61. The third-order valence-electron chi connectivity index (χ3n) is 1.80. The Morgan fingerprint density at radius 2 is 1.53 bits per heavy atom. The number of aliphatic hydroxyl groups is 5. The van der Waals surface area contributed by atoms with Crippen LogP contribution in [-0.4, -0.2) is 68.1 Å². The number of aliphatic hydroxyl groups excluding tert-OH is 5. The summed E-state index contributed by atoms with van der Waals surface area (Å²) in [5.41, 5.74) is 0. The number of rotatable bonds is 6. The highest BCUT2D eigenvalue weighted by Gasteiger charge is 2.35. The Morgan fingerprint density at radius 1 is 1.07 bits per heavy atom. The topological polar surface area (TPSA) is 135 Å². The fourth-order valence-corrected chi connectivity index (χ4v) is 0.842. The second-order valence-corrected chi connectivity index (χ2v) is 2.96. The number of ketones is 2. The molecule has 0 saturated heterocycles. The Balaban J connectivity index is 4.50. The van der Waals surface area contributed by atoms with Gasteiger partial charge in [-0.25, -0.2) is 0 Å². The Kier molecular flexibility index (Phi) is 5.55. The van der Waals surface area contributed by atoms with Gasteiger partial charge in [-0.2, -0.15) is 0 Å². The van der Waals surface area contributed by atoms with Gasteiger partial charge in [0.1, 0.15) is 24.4 Å². The van der Waals surface area contributed by atoms with Crippen molar-refractivity contribution in [3.63, 3.8) is 0 Å². The van der Waals surface area contributed by atoms with Crippen LogP contribution in [0.5, 0.6) is 0 Å². The first kappa shape index (κ1) is 14.1. The van der Waals surface area contributed by atoms with Crippen molar-refractivity contribution in [2.45, 2.75) is 24.4 Å². The van der Waals surface area contributed by atoms with Gasteiger partial charge in [-0.1, -0.05) is 0 Å². The summed E-state index contributed by atoms with van der Waals surface area (Å²) in [5.74, 6) is -2.61. The molecule has 0 aromatic heterocycles. The zero-order chi connectivity index (χ0) is 12.2. The third kappa shape index (κ3) is 3.65. The molecular formula is C8H13O7. The van der Waals surface area contributed by atoms with Gasteiger partial charge in [0.2, 0.25) is 11.6 Å². The van der Waals surface area contributed by atoms with Crippen molar-refractivity contribution in [1.29, 1.82) is 0 Å². The molecule has 0 bridgehead atoms. The van der Waals surface area contributed by atoms with E-state index < -0.39 is 42.6 Å². The van der Waals surface area contributed by atoms with Gasteiger partial charge >= 0.3 is 0 Å². The normalized spacial score (nSPS) is 19.1. The number of carbonyl (C=O) groups excluding carboxylic acids is 2. The first-order valence-electron chi connectivity index (χ1n) is 4.06. The molecule has 4 atom stereocenters. The molecule has 0 aliphatic rings. The molecular weight excluding hydrogens is 208 g/mol. The van der Waals surface area contributed by atoms with Crippen molar-refractivity contribution in [2.75, 3.05) is 6.61 Å². The second-order valence-electron chi connectivity index (χ2n) is 2.96. The second kappa shape index (κ2) is 5.89. The molecule has 0 aliphatic heterocycles. The molecule has 0 aliphatic carbocycles. The molecule has 1 radical (unpaired) electrons. The van der Waals surface area contributed by atoms with Gasteiger partial charge in [-0.05, 0) is 0 Å². The monoisotopic (exact) mass is 221 g/mol. The summed E-state index contributed by atoms with van der Waals surface area (Å²) in [4.78, 5) is 21.2. The van der Waals surface area contributed by atoms with Crippen LogP contribution in [0.2, 0.25) is 0 Å². The lowest BCUT2D eigenvalue weighted by atomic mass is 9.99.